The fourth-order valence-corrected chi connectivity index (χ4v) is 5.26. The summed E-state index contributed by atoms with van der Waals surface area (Å²) in [6.07, 6.45) is 3.26. The summed E-state index contributed by atoms with van der Waals surface area (Å²) in [5, 5.41) is 18.7. The Morgan fingerprint density at radius 3 is 2.65 bits per heavy atom. The largest absolute Gasteiger partial charge is 0.508 e. The number of methoxy groups -OCH3 is 1. The van der Waals surface area contributed by atoms with Gasteiger partial charge in [-0.15, -0.1) is 5.10 Å². The number of nitrogens with zero attached hydrogens (tertiary/aromatic N) is 4. The molecule has 0 amide bonds. The molecule has 2 aliphatic rings. The van der Waals surface area contributed by atoms with Gasteiger partial charge in [0.05, 0.1) is 29.5 Å². The monoisotopic (exact) mass is 506 g/mol. The first-order valence-corrected chi connectivity index (χ1v) is 12.9. The third-order valence-corrected chi connectivity index (χ3v) is 7.19. The van der Waals surface area contributed by atoms with Crippen LogP contribution in [0.2, 0.25) is 0 Å². The van der Waals surface area contributed by atoms with E-state index in [1.807, 2.05) is 19.9 Å². The van der Waals surface area contributed by atoms with Crippen LogP contribution in [-0.2, 0) is 25.5 Å². The van der Waals surface area contributed by atoms with E-state index in [2.05, 4.69) is 34.3 Å². The van der Waals surface area contributed by atoms with Crippen molar-refractivity contribution in [1.82, 2.24) is 14.8 Å². The Kier molecular flexibility index (Phi) is 7.55. The molecule has 2 aromatic carbocycles. The van der Waals surface area contributed by atoms with Gasteiger partial charge in [0, 0.05) is 24.8 Å². The van der Waals surface area contributed by atoms with Crippen molar-refractivity contribution >= 4 is 5.71 Å². The molecule has 3 aromatic rings. The highest BCUT2D eigenvalue weighted by Gasteiger charge is 2.46. The molecule has 1 aliphatic heterocycles. The lowest BCUT2D eigenvalue weighted by Gasteiger charge is -2.43. The van der Waals surface area contributed by atoms with Crippen LogP contribution >= 0.6 is 0 Å². The Morgan fingerprint density at radius 1 is 1.11 bits per heavy atom. The quantitative estimate of drug-likeness (QED) is 0.449. The normalized spacial score (nSPS) is 26.4. The van der Waals surface area contributed by atoms with Crippen molar-refractivity contribution in [2.75, 3.05) is 13.7 Å². The van der Waals surface area contributed by atoms with E-state index in [4.69, 9.17) is 19.0 Å². The smallest absolute Gasteiger partial charge is 0.232 e. The number of aromatic nitrogens is 3. The van der Waals surface area contributed by atoms with Gasteiger partial charge >= 0.3 is 0 Å². The first kappa shape index (κ1) is 25.4. The highest BCUT2D eigenvalue weighted by Crippen LogP contribution is 2.34. The Hall–Kier alpha value is -3.27. The van der Waals surface area contributed by atoms with Crippen LogP contribution in [-0.4, -0.2) is 63.9 Å². The lowest BCUT2D eigenvalue weighted by atomic mass is 9.89. The minimum atomic E-state index is -0.494. The molecule has 0 radical (unpaired) electrons. The summed E-state index contributed by atoms with van der Waals surface area (Å²) in [5.74, 6) is 0.873. The second kappa shape index (κ2) is 11.0. The van der Waals surface area contributed by atoms with E-state index in [0.717, 1.165) is 41.8 Å². The van der Waals surface area contributed by atoms with Gasteiger partial charge in [0.2, 0.25) is 6.29 Å². The van der Waals surface area contributed by atoms with E-state index in [1.165, 1.54) is 5.56 Å². The number of benzene rings is 2. The highest BCUT2D eigenvalue weighted by molar-refractivity contribution is 6.04. The number of aryl methyl sites for hydroxylation is 1. The van der Waals surface area contributed by atoms with Crippen LogP contribution in [0.3, 0.4) is 0 Å². The number of fused-ring (bicyclic) bond motifs is 1. The number of phenolic OH excluding ortho intramolecular Hbond substituents is 1. The van der Waals surface area contributed by atoms with Crippen molar-refractivity contribution in [3.05, 3.63) is 59.9 Å². The third-order valence-electron chi connectivity index (χ3n) is 7.19. The molecule has 0 saturated carbocycles. The lowest BCUT2D eigenvalue weighted by molar-refractivity contribution is -0.288. The van der Waals surface area contributed by atoms with Crippen molar-refractivity contribution < 1.29 is 24.2 Å². The Morgan fingerprint density at radius 2 is 1.92 bits per heavy atom. The van der Waals surface area contributed by atoms with Crippen LogP contribution in [0.15, 0.2) is 53.9 Å². The molecule has 9 heteroatoms. The lowest BCUT2D eigenvalue weighted by Crippen LogP contribution is -2.55. The molecule has 196 valence electrons. The van der Waals surface area contributed by atoms with Gasteiger partial charge in [0.15, 0.2) is 5.82 Å². The molecule has 0 bridgehead atoms. The van der Waals surface area contributed by atoms with Crippen LogP contribution in [0.1, 0.15) is 44.7 Å². The Balaban J connectivity index is 1.32. The maximum atomic E-state index is 9.52. The van der Waals surface area contributed by atoms with Crippen molar-refractivity contribution in [3.63, 3.8) is 0 Å². The number of aromatic hydroxyl groups is 1. The van der Waals surface area contributed by atoms with Crippen LogP contribution in [0.25, 0.3) is 17.1 Å². The van der Waals surface area contributed by atoms with Gasteiger partial charge in [-0.3, -0.25) is 0 Å². The average molecular weight is 507 g/mol. The van der Waals surface area contributed by atoms with E-state index in [1.54, 1.807) is 42.4 Å². The Bertz CT molecular complexity index is 1240. The number of oxime groups is 1. The molecule has 0 spiro atoms. The predicted molar refractivity (Wildman–Crippen MR) is 139 cm³/mol. The fourth-order valence-electron chi connectivity index (χ4n) is 5.26. The predicted octanol–water partition coefficient (Wildman–Crippen LogP) is 4.50. The van der Waals surface area contributed by atoms with E-state index < -0.39 is 6.29 Å². The summed E-state index contributed by atoms with van der Waals surface area (Å²) < 4.78 is 19.6. The topological polar surface area (TPSA) is 100 Å². The van der Waals surface area contributed by atoms with Gasteiger partial charge in [0.25, 0.3) is 0 Å². The molecule has 1 fully saturated rings. The molecule has 9 nitrogen and oxygen atoms in total. The van der Waals surface area contributed by atoms with Gasteiger partial charge < -0.3 is 24.2 Å². The minimum absolute atomic E-state index is 0.0171. The number of rotatable bonds is 8. The second-order valence-electron chi connectivity index (χ2n) is 9.45. The van der Waals surface area contributed by atoms with Crippen molar-refractivity contribution in [2.24, 2.45) is 11.1 Å². The minimum Gasteiger partial charge on any atom is -0.508 e. The summed E-state index contributed by atoms with van der Waals surface area (Å²) in [4.78, 5) is 10.5. The zero-order chi connectivity index (χ0) is 25.9. The SMILES string of the molecule is CCO[C@H]1[C@@H](CC)[C@H](O/N=C2\CCc3cc(-c4ncn(-c5ccc(O)cc5)n4)ccc32)O[C@@H](C)[C@@H]1OC. The number of hydrogen-bond donors (Lipinski definition) is 1. The van der Waals surface area contributed by atoms with Crippen LogP contribution in [0.5, 0.6) is 5.75 Å². The van der Waals surface area contributed by atoms with Gasteiger partial charge in [-0.05, 0) is 69.0 Å². The number of hydrogen-bond acceptors (Lipinski definition) is 8. The summed E-state index contributed by atoms with van der Waals surface area (Å²) in [5.41, 5.74) is 4.96. The summed E-state index contributed by atoms with van der Waals surface area (Å²) >= 11 is 0. The van der Waals surface area contributed by atoms with E-state index >= 15 is 0 Å². The molecule has 1 N–H and O–H groups in total. The molecule has 1 aromatic heterocycles. The zero-order valence-electron chi connectivity index (χ0n) is 21.7. The first-order chi connectivity index (χ1) is 18.0. The molecular weight excluding hydrogens is 472 g/mol. The number of ether oxygens (including phenoxy) is 3. The Labute approximate surface area is 217 Å². The molecular formula is C28H34N4O5. The molecule has 1 saturated heterocycles. The second-order valence-corrected chi connectivity index (χ2v) is 9.45. The van der Waals surface area contributed by atoms with E-state index in [0.29, 0.717) is 12.4 Å². The average Bonchev–Trinajstić information content (AvgIpc) is 3.55. The maximum absolute atomic E-state index is 9.52. The standard InChI is InChI=1S/C28H34N4O5/c1-5-22-26(35-6-2)25(34-4)17(3)36-28(22)37-31-24-14-8-18-15-19(7-13-23(18)24)27-29-16-32(30-27)20-9-11-21(33)12-10-20/h7,9-13,15-17,22,25-26,28,33H,5-6,8,14H2,1-4H3/b31-24+/t17-,22+,25-,26-,28-/m0/s1. The van der Waals surface area contributed by atoms with Crippen molar-refractivity contribution in [2.45, 2.75) is 64.6 Å². The summed E-state index contributed by atoms with van der Waals surface area (Å²) in [6, 6.07) is 13.0. The van der Waals surface area contributed by atoms with Gasteiger partial charge in [0.1, 0.15) is 18.2 Å². The summed E-state index contributed by atoms with van der Waals surface area (Å²) in [6.45, 7) is 6.69. The molecule has 1 aliphatic carbocycles. The highest BCUT2D eigenvalue weighted by atomic mass is 16.8. The zero-order valence-corrected chi connectivity index (χ0v) is 21.7. The van der Waals surface area contributed by atoms with Gasteiger partial charge in [-0.2, -0.15) is 0 Å². The maximum Gasteiger partial charge on any atom is 0.232 e. The van der Waals surface area contributed by atoms with E-state index in [9.17, 15) is 5.11 Å². The first-order valence-electron chi connectivity index (χ1n) is 12.9. The van der Waals surface area contributed by atoms with Crippen LogP contribution < -0.4 is 0 Å². The molecule has 5 rings (SSSR count). The van der Waals surface area contributed by atoms with Crippen molar-refractivity contribution in [3.8, 4) is 22.8 Å². The number of phenols is 1. The van der Waals surface area contributed by atoms with E-state index in [-0.39, 0.29) is 30.0 Å². The van der Waals surface area contributed by atoms with Gasteiger partial charge in [-0.1, -0.05) is 24.2 Å². The van der Waals surface area contributed by atoms with Crippen molar-refractivity contribution in [1.29, 1.82) is 0 Å². The molecule has 37 heavy (non-hydrogen) atoms. The summed E-state index contributed by atoms with van der Waals surface area (Å²) in [7, 11) is 1.70. The molecule has 2 heterocycles. The molecule has 0 unspecified atom stereocenters. The van der Waals surface area contributed by atoms with Gasteiger partial charge in [-0.25, -0.2) is 9.67 Å². The molecule has 5 atom stereocenters. The van der Waals surface area contributed by atoms with Crippen LogP contribution in [0.4, 0.5) is 0 Å². The van der Waals surface area contributed by atoms with Crippen LogP contribution in [0, 0.1) is 5.92 Å². The third kappa shape index (κ3) is 5.12. The fraction of sp³-hybridized carbons (Fsp3) is 0.464.